The first-order chi connectivity index (χ1) is 20.2. The van der Waals surface area contributed by atoms with Gasteiger partial charge in [-0.2, -0.15) is 23.4 Å². The summed E-state index contributed by atoms with van der Waals surface area (Å²) in [6.45, 7) is -0.472. The van der Waals surface area contributed by atoms with Crippen molar-refractivity contribution in [2.45, 2.75) is 75.1 Å². The molecule has 0 radical (unpaired) electrons. The van der Waals surface area contributed by atoms with Crippen molar-refractivity contribution in [2.24, 2.45) is 17.8 Å². The highest BCUT2D eigenvalue weighted by atomic mass is 19.4. The molecule has 3 aromatic rings. The number of halogens is 7. The zero-order valence-corrected chi connectivity index (χ0v) is 22.6. The summed E-state index contributed by atoms with van der Waals surface area (Å²) in [4.78, 5) is 30.1. The molecule has 4 atom stereocenters. The average Bonchev–Trinajstić information content (AvgIpc) is 3.27. The predicted molar refractivity (Wildman–Crippen MR) is 135 cm³/mol. The summed E-state index contributed by atoms with van der Waals surface area (Å²) in [5, 5.41) is 13.4. The number of aromatic nitrogens is 5. The maximum Gasteiger partial charge on any atom is 0.393 e. The van der Waals surface area contributed by atoms with Crippen LogP contribution in [0.4, 0.5) is 30.7 Å². The molecule has 3 unspecified atom stereocenters. The van der Waals surface area contributed by atoms with E-state index in [-0.39, 0.29) is 31.4 Å². The van der Waals surface area contributed by atoms with Crippen molar-refractivity contribution in [2.75, 3.05) is 6.54 Å². The Morgan fingerprint density at radius 3 is 2.53 bits per heavy atom. The maximum absolute atomic E-state index is 14.0. The Kier molecular flexibility index (Phi) is 7.15. The van der Waals surface area contributed by atoms with Gasteiger partial charge in [0, 0.05) is 44.3 Å². The van der Waals surface area contributed by atoms with Crippen LogP contribution in [0.3, 0.4) is 0 Å². The van der Waals surface area contributed by atoms with E-state index in [0.717, 1.165) is 4.68 Å². The van der Waals surface area contributed by atoms with Crippen LogP contribution in [0.5, 0.6) is 0 Å². The van der Waals surface area contributed by atoms with Gasteiger partial charge in [0.05, 0.1) is 29.5 Å². The number of carbonyl (C=O) groups is 2. The van der Waals surface area contributed by atoms with E-state index in [9.17, 15) is 40.3 Å². The number of rotatable bonds is 7. The van der Waals surface area contributed by atoms with Gasteiger partial charge in [-0.15, -0.1) is 0 Å². The van der Waals surface area contributed by atoms with E-state index in [0.29, 0.717) is 17.0 Å². The van der Waals surface area contributed by atoms with Crippen molar-refractivity contribution < 1.29 is 40.3 Å². The van der Waals surface area contributed by atoms with Crippen molar-refractivity contribution in [1.29, 1.82) is 0 Å². The fourth-order valence-electron chi connectivity index (χ4n) is 6.03. The Morgan fingerprint density at radius 1 is 1.14 bits per heavy atom. The van der Waals surface area contributed by atoms with Crippen LogP contribution in [0.25, 0.3) is 5.65 Å². The number of hydrogen-bond donors (Lipinski definition) is 2. The number of piperidine rings is 1. The fourth-order valence-corrected chi connectivity index (χ4v) is 6.03. The maximum atomic E-state index is 14.0. The summed E-state index contributed by atoms with van der Waals surface area (Å²) in [7, 11) is 0. The molecule has 0 spiro atoms. The van der Waals surface area contributed by atoms with Gasteiger partial charge in [-0.1, -0.05) is 0 Å². The van der Waals surface area contributed by atoms with Crippen LogP contribution in [0, 0.1) is 17.8 Å². The number of imidazole rings is 1. The first-order valence-electron chi connectivity index (χ1n) is 14.0. The Morgan fingerprint density at radius 2 is 1.86 bits per heavy atom. The molecule has 1 saturated heterocycles. The lowest BCUT2D eigenvalue weighted by atomic mass is 9.81. The van der Waals surface area contributed by atoms with Gasteiger partial charge in [-0.05, 0) is 43.4 Å². The number of hydrogen-bond acceptors (Lipinski definition) is 5. The minimum absolute atomic E-state index is 0.0461. The molecule has 6 rings (SSSR count). The van der Waals surface area contributed by atoms with Crippen molar-refractivity contribution in [3.63, 3.8) is 0 Å². The first kappa shape index (κ1) is 29.4. The number of nitrogens with one attached hydrogen (secondary N) is 2. The molecular weight excluding hydrogens is 587 g/mol. The van der Waals surface area contributed by atoms with E-state index in [2.05, 4.69) is 25.8 Å². The smallest absolute Gasteiger partial charge is 0.355 e. The lowest BCUT2D eigenvalue weighted by Gasteiger charge is -2.33. The molecule has 3 aliphatic rings. The van der Waals surface area contributed by atoms with Crippen molar-refractivity contribution in [3.8, 4) is 0 Å². The van der Waals surface area contributed by atoms with Gasteiger partial charge in [0.2, 0.25) is 11.8 Å². The summed E-state index contributed by atoms with van der Waals surface area (Å²) in [5.41, 5.74) is 0.860. The van der Waals surface area contributed by atoms with Gasteiger partial charge in [0.1, 0.15) is 11.7 Å². The highest BCUT2D eigenvalue weighted by Crippen LogP contribution is 2.52. The van der Waals surface area contributed by atoms with Gasteiger partial charge >= 0.3 is 6.18 Å². The third kappa shape index (κ3) is 6.05. The number of amides is 2. The molecule has 2 N–H and O–H groups in total. The highest BCUT2D eigenvalue weighted by Gasteiger charge is 2.60. The molecule has 16 heteroatoms. The van der Waals surface area contributed by atoms with E-state index < -0.39 is 85.5 Å². The third-order valence-corrected chi connectivity index (χ3v) is 8.60. The molecule has 2 aliphatic carbocycles. The van der Waals surface area contributed by atoms with Crippen LogP contribution >= 0.6 is 0 Å². The molecule has 1 aliphatic heterocycles. The van der Waals surface area contributed by atoms with Gasteiger partial charge in [-0.3, -0.25) is 14.3 Å². The van der Waals surface area contributed by atoms with E-state index in [4.69, 9.17) is 0 Å². The fraction of sp³-hybridized carbons (Fsp3) is 0.593. The lowest BCUT2D eigenvalue weighted by Crippen LogP contribution is -2.47. The highest BCUT2D eigenvalue weighted by molar-refractivity contribution is 5.93. The molecule has 43 heavy (non-hydrogen) atoms. The predicted octanol–water partition coefficient (Wildman–Crippen LogP) is 4.66. The van der Waals surface area contributed by atoms with Gasteiger partial charge in [0.15, 0.2) is 5.65 Å². The molecule has 2 saturated carbocycles. The lowest BCUT2D eigenvalue weighted by molar-refractivity contribution is -0.183. The van der Waals surface area contributed by atoms with Crippen LogP contribution in [0.15, 0.2) is 30.6 Å². The van der Waals surface area contributed by atoms with Crippen LogP contribution in [-0.2, 0) is 11.2 Å². The van der Waals surface area contributed by atoms with Gasteiger partial charge in [0.25, 0.3) is 11.8 Å². The zero-order chi connectivity index (χ0) is 30.7. The number of fused-ring (bicyclic) bond motifs is 1. The van der Waals surface area contributed by atoms with Gasteiger partial charge < -0.3 is 10.6 Å². The quantitative estimate of drug-likeness (QED) is 0.377. The Labute approximate surface area is 240 Å². The Balaban J connectivity index is 1.25. The summed E-state index contributed by atoms with van der Waals surface area (Å²) < 4.78 is 97.5. The molecule has 0 aromatic carbocycles. The molecule has 0 bridgehead atoms. The average molecular weight is 616 g/mol. The summed E-state index contributed by atoms with van der Waals surface area (Å²) in [6.07, 6.45) is -3.23. The minimum Gasteiger partial charge on any atom is -0.355 e. The molecule has 9 nitrogen and oxygen atoms in total. The SMILES string of the molecule is O=C(NC(c1cn2nc(CC3C[C@@H](C(F)(F)F)CNC3=O)ccc2n1)C1CCC(F)(F)CC1)c1ccnn1C1CC1(F)F. The third-order valence-electron chi connectivity index (χ3n) is 8.60. The van der Waals surface area contributed by atoms with E-state index in [1.807, 2.05) is 0 Å². The number of alkyl halides is 7. The molecular formula is C27H28F7N7O2. The van der Waals surface area contributed by atoms with Crippen molar-refractivity contribution in [3.05, 3.63) is 47.7 Å². The minimum atomic E-state index is -4.44. The normalized spacial score (nSPS) is 26.2. The zero-order valence-electron chi connectivity index (χ0n) is 22.6. The van der Waals surface area contributed by atoms with Crippen molar-refractivity contribution in [1.82, 2.24) is 35.0 Å². The van der Waals surface area contributed by atoms with E-state index in [1.165, 1.54) is 23.0 Å². The van der Waals surface area contributed by atoms with Crippen LogP contribution < -0.4 is 10.6 Å². The summed E-state index contributed by atoms with van der Waals surface area (Å²) >= 11 is 0. The van der Waals surface area contributed by atoms with E-state index >= 15 is 0 Å². The standard InChI is InChI=1S/C27H28F7N7O2/c28-25(29)6-3-14(4-7-25)22(38-24(43)19-5-8-36-41(19)20-11-26(20,30)31)18-13-40-21(37-18)2-1-17(39-40)10-15-9-16(27(32,33)34)12-35-23(15)42/h1-2,5,8,13-16,20,22H,3-4,6-7,9-12H2,(H,35,42)(H,38,43)/t15?,16-,20?,22?/m1/s1. The Bertz CT molecular complexity index is 1530. The first-order valence-corrected chi connectivity index (χ1v) is 14.0. The van der Waals surface area contributed by atoms with Crippen molar-refractivity contribution >= 4 is 17.5 Å². The summed E-state index contributed by atoms with van der Waals surface area (Å²) in [6, 6.07) is 2.29. The van der Waals surface area contributed by atoms with Crippen LogP contribution in [0.2, 0.25) is 0 Å². The molecule has 3 fully saturated rings. The van der Waals surface area contributed by atoms with Crippen LogP contribution in [0.1, 0.15) is 72.5 Å². The van der Waals surface area contributed by atoms with E-state index in [1.54, 1.807) is 12.1 Å². The second-order valence-electron chi connectivity index (χ2n) is 11.7. The largest absolute Gasteiger partial charge is 0.393 e. The van der Waals surface area contributed by atoms with Crippen LogP contribution in [-0.4, -0.2) is 60.8 Å². The molecule has 2 amide bonds. The second-order valence-corrected chi connectivity index (χ2v) is 11.7. The molecule has 3 aromatic heterocycles. The molecule has 4 heterocycles. The Hall–Kier alpha value is -3.72. The second kappa shape index (κ2) is 10.5. The summed E-state index contributed by atoms with van der Waals surface area (Å²) in [5.74, 6) is -10.1. The number of carbonyl (C=O) groups excluding carboxylic acids is 2. The monoisotopic (exact) mass is 615 g/mol. The number of nitrogens with zero attached hydrogens (tertiary/aromatic N) is 5. The molecule has 232 valence electrons. The topological polar surface area (TPSA) is 106 Å². The van der Waals surface area contributed by atoms with Gasteiger partial charge in [-0.25, -0.2) is 27.1 Å².